The Hall–Kier alpha value is -16.5. The van der Waals surface area contributed by atoms with E-state index >= 15 is 0 Å². The van der Waals surface area contributed by atoms with Crippen LogP contribution in [-0.2, 0) is 12.8 Å². The molecule has 0 fully saturated rings. The van der Waals surface area contributed by atoms with Crippen molar-refractivity contribution >= 4 is 174 Å². The van der Waals surface area contributed by atoms with Crippen molar-refractivity contribution in [3.05, 3.63) is 477 Å². The number of nitrogens with zero attached hydrogens (tertiary/aromatic N) is 3. The summed E-state index contributed by atoms with van der Waals surface area (Å²) in [4.78, 5) is 14.0. The minimum atomic E-state index is 1.19. The molecule has 7 heteroatoms. The summed E-state index contributed by atoms with van der Waals surface area (Å²) in [6.45, 7) is 8.87. The predicted molar refractivity (Wildman–Crippen MR) is 610 cm³/mol. The van der Waals surface area contributed by atoms with Crippen molar-refractivity contribution in [2.75, 3.05) is 0 Å². The van der Waals surface area contributed by atoms with E-state index in [0.29, 0.717) is 0 Å². The van der Waals surface area contributed by atoms with Crippen LogP contribution >= 0.6 is 0 Å². The Balaban J connectivity index is 0.0000000987. The molecule has 0 spiro atoms. The van der Waals surface area contributed by atoms with E-state index < -0.39 is 0 Å². The van der Waals surface area contributed by atoms with E-state index in [2.05, 4.69) is 516 Å². The van der Waals surface area contributed by atoms with Gasteiger partial charge in [0.1, 0.15) is 0 Å². The van der Waals surface area contributed by atoms with E-state index in [4.69, 9.17) is 0 Å². The van der Waals surface area contributed by atoms with E-state index in [9.17, 15) is 0 Å². The summed E-state index contributed by atoms with van der Waals surface area (Å²) in [7, 11) is 0. The highest BCUT2D eigenvalue weighted by molar-refractivity contribution is 6.16. The first-order chi connectivity index (χ1) is 69.7. The fourth-order valence-corrected chi connectivity index (χ4v) is 21.1. The minimum absolute atomic E-state index is 1.19. The maximum atomic E-state index is 3.61. The van der Waals surface area contributed by atoms with Crippen LogP contribution in [0.1, 0.15) is 113 Å². The molecule has 7 heterocycles. The maximum absolute atomic E-state index is 3.61. The fraction of sp³-hybridized carbons (Fsp3) is 0.134. The van der Waals surface area contributed by atoms with Crippen LogP contribution in [0.25, 0.3) is 202 Å². The van der Waals surface area contributed by atoms with Crippen LogP contribution in [0.15, 0.2) is 455 Å². The molecule has 0 saturated heterocycles. The molecular weight excluding hydrogens is 1710 g/mol. The van der Waals surface area contributed by atoms with E-state index in [1.54, 1.807) is 0 Å². The normalized spacial score (nSPS) is 11.4. The van der Waals surface area contributed by atoms with Crippen LogP contribution in [-0.4, -0.2) is 33.6 Å². The summed E-state index contributed by atoms with van der Waals surface area (Å²) in [6.07, 6.45) is 18.8. The Morgan fingerprint density at radius 3 is 0.965 bits per heavy atom. The van der Waals surface area contributed by atoms with Crippen molar-refractivity contribution in [1.29, 1.82) is 0 Å². The van der Waals surface area contributed by atoms with E-state index in [1.165, 1.54) is 315 Å². The summed E-state index contributed by atoms with van der Waals surface area (Å²) in [6, 6.07) is 162. The van der Waals surface area contributed by atoms with Crippen molar-refractivity contribution in [1.82, 2.24) is 33.6 Å². The van der Waals surface area contributed by atoms with Crippen molar-refractivity contribution in [3.63, 3.8) is 0 Å². The van der Waals surface area contributed by atoms with E-state index in [0.717, 1.165) is 0 Å². The van der Waals surface area contributed by atoms with Gasteiger partial charge >= 0.3 is 0 Å². The molecule has 0 aliphatic rings. The average Bonchev–Trinajstić information content (AvgIpc) is 1.62. The van der Waals surface area contributed by atoms with Gasteiger partial charge in [-0.05, 0) is 210 Å². The van der Waals surface area contributed by atoms with Crippen molar-refractivity contribution in [2.45, 2.75) is 118 Å². The molecule has 27 rings (SSSR count). The lowest BCUT2D eigenvalue weighted by Crippen LogP contribution is -1.94. The van der Waals surface area contributed by atoms with Crippen molar-refractivity contribution < 1.29 is 0 Å². The molecule has 27 aromatic rings. The van der Waals surface area contributed by atoms with Gasteiger partial charge in [0.2, 0.25) is 0 Å². The largest absolute Gasteiger partial charge is 0.355 e. The monoisotopic (exact) mass is 1830 g/mol. The number of fused-ring (bicyclic) bond motifs is 23. The van der Waals surface area contributed by atoms with Crippen LogP contribution in [0.5, 0.6) is 0 Å². The second kappa shape index (κ2) is 42.6. The zero-order chi connectivity index (χ0) is 95.2. The third-order valence-corrected chi connectivity index (χ3v) is 28.2. The Morgan fingerprint density at radius 2 is 0.496 bits per heavy atom. The molecule has 0 radical (unpaired) electrons. The second-order valence-corrected chi connectivity index (χ2v) is 37.5. The lowest BCUT2D eigenvalue weighted by molar-refractivity contribution is 0.607. The Labute approximate surface area is 825 Å². The zero-order valence-electron chi connectivity index (χ0n) is 81.0. The van der Waals surface area contributed by atoms with Gasteiger partial charge in [-0.1, -0.05) is 412 Å². The zero-order valence-corrected chi connectivity index (χ0v) is 81.0. The Kier molecular flexibility index (Phi) is 27.5. The molecule has 0 amide bonds. The molecule has 20 aromatic carbocycles. The number of aryl methyl sites for hydroxylation is 4. The molecule has 0 aliphatic heterocycles. The molecule has 0 atom stereocenters. The molecular formula is C134H119N7. The quantitative estimate of drug-likeness (QED) is 0.0618. The molecule has 690 valence electrons. The van der Waals surface area contributed by atoms with E-state index in [-0.39, 0.29) is 0 Å². The smallest absolute Gasteiger partial charge is 0.0541 e. The molecule has 0 saturated carbocycles. The first kappa shape index (κ1) is 91.0. The molecule has 7 nitrogen and oxygen atoms in total. The average molecular weight is 1830 g/mol. The number of para-hydroxylation sites is 12. The number of aromatic nitrogens is 7. The second-order valence-electron chi connectivity index (χ2n) is 37.5. The van der Waals surface area contributed by atoms with Crippen LogP contribution in [0, 0.1) is 13.8 Å². The number of nitrogens with one attached hydrogen (secondary N) is 4. The fourth-order valence-electron chi connectivity index (χ4n) is 21.1. The summed E-state index contributed by atoms with van der Waals surface area (Å²) in [5.74, 6) is 0. The SMILES string of the molecule is CCCCCCCCc1ccc2[nH]c3ccc(CCCCCCCC)cc3c2c1.Cc1cccc2c1[nH]c1c(C)cccc12.c1ccc(-c2cccc(-n3c4ccccc4c4ccccc43)c2)cc1.c1ccc(-n2c3ccccc3c3ccccc32)cc1.c1ccc2c(-n3c4ccccc4c4ccccc43)cccc2c1.c1ccc2c(c1)[nH]c1ccccc12.c1ccc2cc3c(cc2c1)[nH]c1ccccc13. The molecule has 0 aliphatic carbocycles. The minimum Gasteiger partial charge on any atom is -0.355 e. The lowest BCUT2D eigenvalue weighted by Gasteiger charge is -2.11. The van der Waals surface area contributed by atoms with Crippen molar-refractivity contribution in [2.24, 2.45) is 0 Å². The molecule has 0 unspecified atom stereocenters. The third kappa shape index (κ3) is 19.4. The molecule has 141 heavy (non-hydrogen) atoms. The van der Waals surface area contributed by atoms with Crippen LogP contribution in [0.2, 0.25) is 0 Å². The van der Waals surface area contributed by atoms with Gasteiger partial charge in [0.25, 0.3) is 0 Å². The van der Waals surface area contributed by atoms with Gasteiger partial charge in [0.05, 0.1) is 38.8 Å². The number of benzene rings is 20. The highest BCUT2D eigenvalue weighted by Crippen LogP contribution is 2.40. The summed E-state index contributed by atoms with van der Waals surface area (Å²) >= 11 is 0. The summed E-state index contributed by atoms with van der Waals surface area (Å²) in [5, 5.41) is 23.6. The first-order valence-electron chi connectivity index (χ1n) is 50.7. The first-order valence-corrected chi connectivity index (χ1v) is 50.7. The maximum Gasteiger partial charge on any atom is 0.0541 e. The number of unbranched alkanes of at least 4 members (excludes halogenated alkanes) is 10. The van der Waals surface area contributed by atoms with E-state index in [1.807, 2.05) is 0 Å². The Morgan fingerprint density at radius 1 is 0.184 bits per heavy atom. The van der Waals surface area contributed by atoms with Gasteiger partial charge < -0.3 is 33.6 Å². The topological polar surface area (TPSA) is 77.9 Å². The van der Waals surface area contributed by atoms with Gasteiger partial charge in [-0.3, -0.25) is 0 Å². The number of rotatable bonds is 18. The highest BCUT2D eigenvalue weighted by Gasteiger charge is 2.18. The van der Waals surface area contributed by atoms with Gasteiger partial charge in [-0.25, -0.2) is 0 Å². The van der Waals surface area contributed by atoms with Gasteiger partial charge in [0.15, 0.2) is 0 Å². The Bertz CT molecular complexity index is 8670. The number of H-pyrrole nitrogens is 4. The molecule has 4 N–H and O–H groups in total. The predicted octanol–water partition coefficient (Wildman–Crippen LogP) is 38.0. The van der Waals surface area contributed by atoms with Crippen LogP contribution < -0.4 is 0 Å². The van der Waals surface area contributed by atoms with Crippen molar-refractivity contribution in [3.8, 4) is 28.2 Å². The molecule has 0 bridgehead atoms. The number of hydrogen-bond donors (Lipinski definition) is 4. The highest BCUT2D eigenvalue weighted by atomic mass is 15.0. The molecule has 7 aromatic heterocycles. The summed E-state index contributed by atoms with van der Waals surface area (Å²) < 4.78 is 7.06. The van der Waals surface area contributed by atoms with Crippen LogP contribution in [0.4, 0.5) is 0 Å². The lowest BCUT2D eigenvalue weighted by atomic mass is 10.0. The van der Waals surface area contributed by atoms with Gasteiger partial charge in [-0.15, -0.1) is 0 Å². The van der Waals surface area contributed by atoms with Gasteiger partial charge in [-0.2, -0.15) is 0 Å². The number of hydrogen-bond acceptors (Lipinski definition) is 0. The third-order valence-electron chi connectivity index (χ3n) is 28.2. The standard InChI is InChI=1S/C28H41N.C24H17N.C22H15N.C18H13N.C16H11N.C14H13N.C12H9N/c1-3-5-7-9-11-13-15-23-17-19-27-25(21-23)26-22-24(18-20-28(26)29-27)16-14-12-10-8-6-4-2;1-2-9-18(10-3-1)19-11-8-12-20(17-19)25-23-15-6-4-13-21(23)22-14-5-7-16-24(22)25;1-2-10-17-16(8-1)9-7-15-20(17)23-21-13-5-3-11-18(21)19-12-4-6-14-22(19)23;1-2-8-14(9-3-1)19-17-12-6-4-10-15(17)16-11-5-7-13-18(16)19;1-2-6-12-10-16-14(9-11(12)5-1)13-7-3-4-8-15(13)17-16;1-9-5-3-7-11-12-8-4-6-10(2)14(12)15-13(9)11;1-3-7-11-9(5-1)10-6-2-4-8-12(10)13-11/h17-22,29H,3-16H2,1-2H3;1-17H;1-15H;1-13H;1-10,17H;3-8,15H,1-2H3;1-8,13H. The number of aromatic amines is 4. The van der Waals surface area contributed by atoms with Crippen LogP contribution in [0.3, 0.4) is 0 Å². The van der Waals surface area contributed by atoms with Gasteiger partial charge in [0, 0.05) is 136 Å². The summed E-state index contributed by atoms with van der Waals surface area (Å²) in [5.41, 5.74) is 29.2.